The van der Waals surface area contributed by atoms with Crippen molar-refractivity contribution >= 4 is 35.2 Å². The van der Waals surface area contributed by atoms with E-state index in [2.05, 4.69) is 0 Å². The van der Waals surface area contributed by atoms with E-state index in [9.17, 15) is 9.90 Å². The number of amides is 1. The second-order valence-electron chi connectivity index (χ2n) is 9.26. The number of thioether (sulfide) groups is 1. The molecule has 1 N–H and O–H groups in total. The van der Waals surface area contributed by atoms with E-state index in [0.29, 0.717) is 28.1 Å². The highest BCUT2D eigenvalue weighted by Gasteiger charge is 2.36. The average Bonchev–Trinajstić information content (AvgIpc) is 3.48. The molecule has 9 heteroatoms. The molecule has 7 nitrogen and oxygen atoms in total. The van der Waals surface area contributed by atoms with Gasteiger partial charge in [-0.1, -0.05) is 54.1 Å². The first kappa shape index (κ1) is 25.2. The number of carbonyl (C=O) groups is 1. The minimum absolute atomic E-state index is 0.0781. The molecule has 1 atom stereocenters. The van der Waals surface area contributed by atoms with Crippen LogP contribution in [0.4, 0.5) is 5.95 Å². The quantitative estimate of drug-likeness (QED) is 0.259. The number of aryl methyl sites for hydroxylation is 1. The molecule has 1 unspecified atom stereocenters. The number of phenols is 1. The summed E-state index contributed by atoms with van der Waals surface area (Å²) in [6, 6.07) is 26.2. The number of hydrogen-bond donors (Lipinski definition) is 1. The second kappa shape index (κ2) is 10.2. The number of hydrogen-bond acceptors (Lipinski definition) is 6. The maximum atomic E-state index is 13.2. The zero-order chi connectivity index (χ0) is 27.1. The summed E-state index contributed by atoms with van der Waals surface area (Å²) in [5, 5.41) is 14.9. The average molecular weight is 554 g/mol. The molecule has 3 heterocycles. The minimum Gasteiger partial charge on any atom is -0.508 e. The molecule has 5 aromatic rings. The highest BCUT2D eigenvalue weighted by atomic mass is 35.5. The Morgan fingerprint density at radius 3 is 2.33 bits per heavy atom. The summed E-state index contributed by atoms with van der Waals surface area (Å²) in [6.45, 7) is 3.98. The summed E-state index contributed by atoms with van der Waals surface area (Å²) in [5.41, 5.74) is 6.69. The third-order valence-electron chi connectivity index (χ3n) is 6.66. The summed E-state index contributed by atoms with van der Waals surface area (Å²) in [6.07, 6.45) is 0. The first-order valence-electron chi connectivity index (χ1n) is 12.4. The molecular formula is C30H24ClN5O2S. The van der Waals surface area contributed by atoms with Crippen LogP contribution in [0.5, 0.6) is 5.75 Å². The zero-order valence-corrected chi connectivity index (χ0v) is 22.8. The molecule has 39 heavy (non-hydrogen) atoms. The highest BCUT2D eigenvalue weighted by molar-refractivity contribution is 8.00. The molecule has 2 aromatic heterocycles. The lowest BCUT2D eigenvalue weighted by molar-refractivity contribution is -0.115. The topological polar surface area (TPSA) is 84.1 Å². The van der Waals surface area contributed by atoms with Gasteiger partial charge in [0.05, 0.1) is 34.2 Å². The fourth-order valence-electron chi connectivity index (χ4n) is 4.80. The predicted octanol–water partition coefficient (Wildman–Crippen LogP) is 6.75. The number of aromatic hydroxyl groups is 1. The maximum absolute atomic E-state index is 13.2. The van der Waals surface area contributed by atoms with Gasteiger partial charge in [-0.2, -0.15) is 5.10 Å². The standard InChI is InChI=1S/C30H24ClN5O2S/c1-18-28(19(2)36(34-18)23-6-4-3-5-7-23)26-16-25(20-8-12-22(31)13-9-20)32-30(33-26)35-27(38)17-39-29(35)21-10-14-24(37)15-11-21/h3-16,29,37H,17H2,1-2H3. The van der Waals surface area contributed by atoms with Gasteiger partial charge in [0.15, 0.2) is 0 Å². The molecule has 1 aliphatic heterocycles. The summed E-state index contributed by atoms with van der Waals surface area (Å²) in [4.78, 5) is 24.7. The van der Waals surface area contributed by atoms with Crippen molar-refractivity contribution < 1.29 is 9.90 Å². The van der Waals surface area contributed by atoms with Crippen LogP contribution in [-0.2, 0) is 4.79 Å². The molecule has 1 aliphatic rings. The Morgan fingerprint density at radius 1 is 0.923 bits per heavy atom. The molecule has 194 valence electrons. The van der Waals surface area contributed by atoms with Gasteiger partial charge in [-0.3, -0.25) is 9.69 Å². The van der Waals surface area contributed by atoms with Crippen LogP contribution in [0.15, 0.2) is 84.9 Å². The van der Waals surface area contributed by atoms with Crippen LogP contribution in [0.25, 0.3) is 28.2 Å². The van der Waals surface area contributed by atoms with E-state index in [0.717, 1.165) is 33.8 Å². The summed E-state index contributed by atoms with van der Waals surface area (Å²) >= 11 is 7.67. The van der Waals surface area contributed by atoms with Crippen molar-refractivity contribution in [3.8, 4) is 34.0 Å². The fourth-order valence-corrected chi connectivity index (χ4v) is 6.07. The van der Waals surface area contributed by atoms with Gasteiger partial charge in [0.25, 0.3) is 0 Å². The maximum Gasteiger partial charge on any atom is 0.240 e. The molecule has 0 saturated carbocycles. The number of rotatable bonds is 5. The molecule has 0 spiro atoms. The largest absolute Gasteiger partial charge is 0.508 e. The molecule has 1 amide bonds. The summed E-state index contributed by atoms with van der Waals surface area (Å²) < 4.78 is 1.91. The first-order chi connectivity index (χ1) is 18.9. The highest BCUT2D eigenvalue weighted by Crippen LogP contribution is 2.42. The Bertz CT molecular complexity index is 1670. The van der Waals surface area contributed by atoms with E-state index in [1.807, 2.05) is 91.3 Å². The Labute approximate surface area is 235 Å². The first-order valence-corrected chi connectivity index (χ1v) is 13.8. The second-order valence-corrected chi connectivity index (χ2v) is 10.8. The number of nitrogens with zero attached hydrogens (tertiary/aromatic N) is 5. The molecule has 1 saturated heterocycles. The normalized spacial score (nSPS) is 15.2. The van der Waals surface area contributed by atoms with Crippen LogP contribution >= 0.6 is 23.4 Å². The SMILES string of the molecule is Cc1nn(-c2ccccc2)c(C)c1-c1cc(-c2ccc(Cl)cc2)nc(N2C(=O)CSC2c2ccc(O)cc2)n1. The van der Waals surface area contributed by atoms with E-state index >= 15 is 0 Å². The van der Waals surface area contributed by atoms with E-state index < -0.39 is 0 Å². The van der Waals surface area contributed by atoms with Gasteiger partial charge in [-0.25, -0.2) is 14.6 Å². The smallest absolute Gasteiger partial charge is 0.240 e. The van der Waals surface area contributed by atoms with Crippen LogP contribution in [-0.4, -0.2) is 36.5 Å². The van der Waals surface area contributed by atoms with Gasteiger partial charge < -0.3 is 5.11 Å². The number of benzene rings is 3. The molecule has 0 aliphatic carbocycles. The van der Waals surface area contributed by atoms with Crippen molar-refractivity contribution in [3.05, 3.63) is 107 Å². The molecular weight excluding hydrogens is 530 g/mol. The number of aromatic nitrogens is 4. The van der Waals surface area contributed by atoms with Gasteiger partial charge in [-0.15, -0.1) is 11.8 Å². The van der Waals surface area contributed by atoms with Gasteiger partial charge in [0.1, 0.15) is 11.1 Å². The van der Waals surface area contributed by atoms with Crippen LogP contribution in [0.1, 0.15) is 22.3 Å². The lowest BCUT2D eigenvalue weighted by Gasteiger charge is -2.23. The van der Waals surface area contributed by atoms with Crippen LogP contribution in [0.3, 0.4) is 0 Å². The molecule has 6 rings (SSSR count). The van der Waals surface area contributed by atoms with E-state index in [-0.39, 0.29) is 17.0 Å². The fraction of sp³-hybridized carbons (Fsp3) is 0.133. The van der Waals surface area contributed by atoms with Crippen LogP contribution in [0, 0.1) is 13.8 Å². The van der Waals surface area contributed by atoms with E-state index in [4.69, 9.17) is 26.7 Å². The third-order valence-corrected chi connectivity index (χ3v) is 8.13. The van der Waals surface area contributed by atoms with Crippen molar-refractivity contribution in [1.82, 2.24) is 19.7 Å². The van der Waals surface area contributed by atoms with Gasteiger partial charge in [0.2, 0.25) is 11.9 Å². The molecule has 3 aromatic carbocycles. The molecule has 0 bridgehead atoms. The van der Waals surface area contributed by atoms with E-state index in [1.54, 1.807) is 17.0 Å². The summed E-state index contributed by atoms with van der Waals surface area (Å²) in [7, 11) is 0. The monoisotopic (exact) mass is 553 g/mol. The van der Waals surface area contributed by atoms with Crippen molar-refractivity contribution in [3.63, 3.8) is 0 Å². The van der Waals surface area contributed by atoms with Gasteiger partial charge >= 0.3 is 0 Å². The molecule has 0 radical (unpaired) electrons. The lowest BCUT2D eigenvalue weighted by atomic mass is 10.1. The number of carbonyl (C=O) groups excluding carboxylic acids is 1. The van der Waals surface area contributed by atoms with Crippen LogP contribution in [0.2, 0.25) is 5.02 Å². The van der Waals surface area contributed by atoms with Crippen molar-refractivity contribution in [2.45, 2.75) is 19.2 Å². The Kier molecular flexibility index (Phi) is 6.58. The minimum atomic E-state index is -0.319. The number of anilines is 1. The number of phenolic OH excluding ortho intramolecular Hbond substituents is 1. The third kappa shape index (κ3) is 4.77. The summed E-state index contributed by atoms with van der Waals surface area (Å²) in [5.74, 6) is 0.714. The Balaban J connectivity index is 1.53. The Hall–Kier alpha value is -4.14. The van der Waals surface area contributed by atoms with Crippen molar-refractivity contribution in [2.24, 2.45) is 0 Å². The van der Waals surface area contributed by atoms with Crippen molar-refractivity contribution in [2.75, 3.05) is 10.7 Å². The van der Waals surface area contributed by atoms with E-state index in [1.165, 1.54) is 11.8 Å². The molecule has 1 fully saturated rings. The van der Waals surface area contributed by atoms with Gasteiger partial charge in [0, 0.05) is 16.1 Å². The predicted molar refractivity (Wildman–Crippen MR) is 155 cm³/mol. The van der Waals surface area contributed by atoms with Crippen molar-refractivity contribution in [1.29, 1.82) is 0 Å². The van der Waals surface area contributed by atoms with Gasteiger partial charge in [-0.05, 0) is 61.9 Å². The number of halogens is 1. The number of para-hydroxylation sites is 1. The lowest BCUT2D eigenvalue weighted by Crippen LogP contribution is -2.30. The van der Waals surface area contributed by atoms with Crippen LogP contribution < -0.4 is 4.90 Å². The zero-order valence-electron chi connectivity index (χ0n) is 21.2. The Morgan fingerprint density at radius 2 is 1.62 bits per heavy atom.